The molecule has 0 unspecified atom stereocenters. The van der Waals surface area contributed by atoms with E-state index in [0.717, 1.165) is 51.6 Å². The predicted octanol–water partition coefficient (Wildman–Crippen LogP) is 4.30. The Bertz CT molecular complexity index is 719. The lowest BCUT2D eigenvalue weighted by Gasteiger charge is -2.59. The zero-order chi connectivity index (χ0) is 17.9. The van der Waals surface area contributed by atoms with Crippen LogP contribution in [0.5, 0.6) is 0 Å². The Balaban J connectivity index is 1.31. The van der Waals surface area contributed by atoms with Crippen LogP contribution in [0.2, 0.25) is 0 Å². The summed E-state index contributed by atoms with van der Waals surface area (Å²) < 4.78 is 0. The zero-order valence-electron chi connectivity index (χ0n) is 15.6. The molecule has 0 radical (unpaired) electrons. The molecule has 4 heteroatoms. The summed E-state index contributed by atoms with van der Waals surface area (Å²) in [6.07, 6.45) is 7.67. The fraction of sp³-hybridized carbons (Fsp3) is 0.682. The second kappa shape index (κ2) is 5.89. The van der Waals surface area contributed by atoms with E-state index in [1.165, 1.54) is 17.7 Å². The summed E-state index contributed by atoms with van der Waals surface area (Å²) in [5.74, 6) is 2.05. The molecule has 0 aromatic heterocycles. The van der Waals surface area contributed by atoms with Crippen molar-refractivity contribution in [2.45, 2.75) is 55.7 Å². The molecule has 4 aliphatic carbocycles. The number of carbonyl (C=O) groups is 1. The molecule has 140 valence electrons. The number of fused-ring (bicyclic) bond motifs is 1. The lowest BCUT2D eigenvalue weighted by molar-refractivity contribution is -0.144. The highest BCUT2D eigenvalue weighted by Crippen LogP contribution is 2.63. The topological polar surface area (TPSA) is 32.3 Å². The first-order valence-electron chi connectivity index (χ1n) is 10.2. The van der Waals surface area contributed by atoms with Crippen LogP contribution >= 0.6 is 11.6 Å². The number of carbonyl (C=O) groups excluding carboxylic acids is 1. The van der Waals surface area contributed by atoms with Gasteiger partial charge in [-0.2, -0.15) is 0 Å². The van der Waals surface area contributed by atoms with Crippen LogP contribution < -0.4 is 10.2 Å². The lowest BCUT2D eigenvalue weighted by atomic mass is 9.49. The minimum absolute atomic E-state index is 0.0957. The van der Waals surface area contributed by atoms with Crippen molar-refractivity contribution in [1.82, 2.24) is 5.32 Å². The Kier molecular flexibility index (Phi) is 3.83. The van der Waals surface area contributed by atoms with Gasteiger partial charge in [0.2, 0.25) is 5.91 Å². The molecular weight excluding hydrogens is 344 g/mol. The van der Waals surface area contributed by atoms with Crippen molar-refractivity contribution in [3.8, 4) is 0 Å². The van der Waals surface area contributed by atoms with Gasteiger partial charge in [-0.15, -0.1) is 11.6 Å². The fourth-order valence-corrected chi connectivity index (χ4v) is 7.53. The van der Waals surface area contributed by atoms with Crippen LogP contribution in [0.4, 0.5) is 5.69 Å². The first-order chi connectivity index (χ1) is 12.5. The monoisotopic (exact) mass is 372 g/mol. The Hall–Kier alpha value is -1.22. The van der Waals surface area contributed by atoms with Gasteiger partial charge in [0, 0.05) is 36.6 Å². The molecule has 6 rings (SSSR count). The molecular formula is C22H29ClN2O. The third-order valence-electron chi connectivity index (χ3n) is 7.58. The SMILES string of the molecule is CN1CC[C@H](CNC(=O)C23C[C@H]4C[C@@H](CC(Cl)(C4)C2)C3)c2ccccc21. The number of hydrogen-bond acceptors (Lipinski definition) is 2. The minimum Gasteiger partial charge on any atom is -0.374 e. The molecule has 26 heavy (non-hydrogen) atoms. The zero-order valence-corrected chi connectivity index (χ0v) is 16.4. The molecule has 1 aromatic carbocycles. The van der Waals surface area contributed by atoms with E-state index in [-0.39, 0.29) is 16.2 Å². The number of hydrogen-bond donors (Lipinski definition) is 1. The molecule has 4 bridgehead atoms. The van der Waals surface area contributed by atoms with Crippen molar-refractivity contribution >= 4 is 23.2 Å². The van der Waals surface area contributed by atoms with Crippen molar-refractivity contribution < 1.29 is 4.79 Å². The van der Waals surface area contributed by atoms with Crippen molar-refractivity contribution in [1.29, 1.82) is 0 Å². The van der Waals surface area contributed by atoms with Crippen LogP contribution in [0.1, 0.15) is 56.4 Å². The van der Waals surface area contributed by atoms with E-state index in [1.807, 2.05) is 0 Å². The summed E-state index contributed by atoms with van der Waals surface area (Å²) in [7, 11) is 2.16. The highest BCUT2D eigenvalue weighted by molar-refractivity contribution is 6.24. The van der Waals surface area contributed by atoms with Crippen LogP contribution in [0.25, 0.3) is 0 Å². The van der Waals surface area contributed by atoms with Crippen molar-refractivity contribution in [3.63, 3.8) is 0 Å². The smallest absolute Gasteiger partial charge is 0.226 e. The van der Waals surface area contributed by atoms with Crippen LogP contribution in [-0.2, 0) is 4.79 Å². The van der Waals surface area contributed by atoms with E-state index in [1.54, 1.807) is 0 Å². The first-order valence-corrected chi connectivity index (χ1v) is 10.6. The maximum absolute atomic E-state index is 13.3. The van der Waals surface area contributed by atoms with E-state index < -0.39 is 0 Å². The van der Waals surface area contributed by atoms with E-state index in [0.29, 0.717) is 17.8 Å². The quantitative estimate of drug-likeness (QED) is 0.802. The van der Waals surface area contributed by atoms with Gasteiger partial charge in [-0.25, -0.2) is 0 Å². The Morgan fingerprint density at radius 2 is 1.96 bits per heavy atom. The molecule has 0 spiro atoms. The first kappa shape index (κ1) is 16.9. The van der Waals surface area contributed by atoms with Gasteiger partial charge in [-0.3, -0.25) is 4.79 Å². The van der Waals surface area contributed by atoms with E-state index in [2.05, 4.69) is 41.5 Å². The summed E-state index contributed by atoms with van der Waals surface area (Å²) in [5.41, 5.74) is 2.50. The molecule has 1 amide bonds. The number of amides is 1. The summed E-state index contributed by atoms with van der Waals surface area (Å²) >= 11 is 6.91. The molecule has 5 aliphatic rings. The number of nitrogens with zero attached hydrogens (tertiary/aromatic N) is 1. The average molecular weight is 373 g/mol. The molecule has 4 saturated carbocycles. The van der Waals surface area contributed by atoms with Crippen LogP contribution in [-0.4, -0.2) is 30.9 Å². The van der Waals surface area contributed by atoms with Gasteiger partial charge in [-0.1, -0.05) is 18.2 Å². The second-order valence-electron chi connectivity index (χ2n) is 9.57. The van der Waals surface area contributed by atoms with Gasteiger partial charge in [-0.05, 0) is 68.4 Å². The summed E-state index contributed by atoms with van der Waals surface area (Å²) in [4.78, 5) is 15.5. The van der Waals surface area contributed by atoms with Gasteiger partial charge in [0.1, 0.15) is 0 Å². The van der Waals surface area contributed by atoms with Crippen LogP contribution in [0.15, 0.2) is 24.3 Å². The van der Waals surface area contributed by atoms with Gasteiger partial charge in [0.15, 0.2) is 0 Å². The maximum atomic E-state index is 13.3. The molecule has 1 aromatic rings. The fourth-order valence-electron chi connectivity index (χ4n) is 6.84. The highest BCUT2D eigenvalue weighted by atomic mass is 35.5. The van der Waals surface area contributed by atoms with Crippen LogP contribution in [0.3, 0.4) is 0 Å². The molecule has 3 nitrogen and oxygen atoms in total. The number of anilines is 1. The maximum Gasteiger partial charge on any atom is 0.226 e. The Labute approximate surface area is 161 Å². The normalized spacial score (nSPS) is 40.4. The standard InChI is InChI=1S/C22H29ClN2O/c1-25-7-6-17(18-4-2-3-5-19(18)25)13-24-20(26)21-9-15-8-16(10-21)12-22(23,11-15)14-21/h2-5,15-17H,6-14H2,1H3,(H,24,26)/t15-,16-,17-,21?,22?/m1/s1. The summed E-state index contributed by atoms with van der Waals surface area (Å²) in [6, 6.07) is 8.63. The Morgan fingerprint density at radius 3 is 2.69 bits per heavy atom. The summed E-state index contributed by atoms with van der Waals surface area (Å²) in [5, 5.41) is 3.37. The third kappa shape index (κ3) is 2.66. The third-order valence-corrected chi connectivity index (χ3v) is 8.02. The lowest BCUT2D eigenvalue weighted by Crippen LogP contribution is -2.58. The molecule has 3 atom stereocenters. The van der Waals surface area contributed by atoms with Gasteiger partial charge >= 0.3 is 0 Å². The van der Waals surface area contributed by atoms with Crippen molar-refractivity contribution in [2.75, 3.05) is 25.0 Å². The number of halogens is 1. The average Bonchev–Trinajstić information content (AvgIpc) is 2.59. The van der Waals surface area contributed by atoms with E-state index in [9.17, 15) is 4.79 Å². The molecule has 4 fully saturated rings. The second-order valence-corrected chi connectivity index (χ2v) is 10.4. The highest BCUT2D eigenvalue weighted by Gasteiger charge is 2.60. The molecule has 1 aliphatic heterocycles. The number of nitrogens with one attached hydrogen (secondary N) is 1. The molecule has 1 N–H and O–H groups in total. The minimum atomic E-state index is -0.184. The Morgan fingerprint density at radius 1 is 1.23 bits per heavy atom. The van der Waals surface area contributed by atoms with E-state index >= 15 is 0 Å². The van der Waals surface area contributed by atoms with Crippen molar-refractivity contribution in [2.24, 2.45) is 17.3 Å². The largest absolute Gasteiger partial charge is 0.374 e. The van der Waals surface area contributed by atoms with Gasteiger partial charge in [0.05, 0.1) is 5.41 Å². The molecule has 0 saturated heterocycles. The number of rotatable bonds is 3. The molecule has 1 heterocycles. The summed E-state index contributed by atoms with van der Waals surface area (Å²) in [6.45, 7) is 1.81. The number of benzene rings is 1. The van der Waals surface area contributed by atoms with Crippen molar-refractivity contribution in [3.05, 3.63) is 29.8 Å². The van der Waals surface area contributed by atoms with E-state index in [4.69, 9.17) is 11.6 Å². The van der Waals surface area contributed by atoms with Gasteiger partial charge < -0.3 is 10.2 Å². The number of alkyl halides is 1. The van der Waals surface area contributed by atoms with Gasteiger partial charge in [0.25, 0.3) is 0 Å². The van der Waals surface area contributed by atoms with Crippen LogP contribution in [0, 0.1) is 17.3 Å². The number of para-hydroxylation sites is 1. The predicted molar refractivity (Wildman–Crippen MR) is 106 cm³/mol.